The molecule has 0 bridgehead atoms. The van der Waals surface area contributed by atoms with Gasteiger partial charge in [-0.05, 0) is 31.9 Å². The summed E-state index contributed by atoms with van der Waals surface area (Å²) in [5.41, 5.74) is 3.62. The van der Waals surface area contributed by atoms with Gasteiger partial charge in [-0.25, -0.2) is 4.98 Å². The fourth-order valence-electron chi connectivity index (χ4n) is 3.48. The maximum atomic E-state index is 12.9. The van der Waals surface area contributed by atoms with Gasteiger partial charge in [-0.2, -0.15) is 0 Å². The third-order valence-corrected chi connectivity index (χ3v) is 4.65. The number of nitrogens with zero attached hydrogens (tertiary/aromatic N) is 5. The van der Waals surface area contributed by atoms with E-state index in [2.05, 4.69) is 15.0 Å². The normalized spacial score (nSPS) is 17.5. The van der Waals surface area contributed by atoms with Crippen molar-refractivity contribution in [2.24, 2.45) is 0 Å². The molecule has 0 unspecified atom stereocenters. The van der Waals surface area contributed by atoms with E-state index < -0.39 is 0 Å². The van der Waals surface area contributed by atoms with Gasteiger partial charge in [0, 0.05) is 25.1 Å². The Morgan fingerprint density at radius 2 is 2.25 bits per heavy atom. The van der Waals surface area contributed by atoms with Crippen molar-refractivity contribution in [1.82, 2.24) is 24.3 Å². The lowest BCUT2D eigenvalue weighted by Gasteiger charge is -2.24. The Bertz CT molecular complexity index is 874. The van der Waals surface area contributed by atoms with E-state index in [4.69, 9.17) is 0 Å². The zero-order chi connectivity index (χ0) is 16.5. The lowest BCUT2D eigenvalue weighted by Crippen LogP contribution is -2.32. The van der Waals surface area contributed by atoms with Crippen LogP contribution in [-0.2, 0) is 11.2 Å². The number of rotatable bonds is 3. The summed E-state index contributed by atoms with van der Waals surface area (Å²) in [6.07, 6.45) is 9.36. The molecule has 6 heteroatoms. The second-order valence-electron chi connectivity index (χ2n) is 6.12. The van der Waals surface area contributed by atoms with Crippen LogP contribution < -0.4 is 0 Å². The Kier molecular flexibility index (Phi) is 3.72. The van der Waals surface area contributed by atoms with Crippen molar-refractivity contribution in [3.63, 3.8) is 0 Å². The predicted octanol–water partition coefficient (Wildman–Crippen LogP) is 2.34. The van der Waals surface area contributed by atoms with Gasteiger partial charge in [0.1, 0.15) is 5.65 Å². The third kappa shape index (κ3) is 2.54. The van der Waals surface area contributed by atoms with E-state index in [1.807, 2.05) is 40.6 Å². The van der Waals surface area contributed by atoms with Gasteiger partial charge in [0.15, 0.2) is 0 Å². The van der Waals surface area contributed by atoms with Gasteiger partial charge >= 0.3 is 0 Å². The monoisotopic (exact) mass is 321 g/mol. The second-order valence-corrected chi connectivity index (χ2v) is 6.12. The molecule has 0 aliphatic carbocycles. The largest absolute Gasteiger partial charge is 0.334 e. The smallest absolute Gasteiger partial charge is 0.229 e. The van der Waals surface area contributed by atoms with Crippen LogP contribution in [0.15, 0.2) is 43.0 Å². The van der Waals surface area contributed by atoms with E-state index >= 15 is 0 Å². The Morgan fingerprint density at radius 3 is 3.08 bits per heavy atom. The fraction of sp³-hybridized carbons (Fsp3) is 0.333. The van der Waals surface area contributed by atoms with E-state index in [0.29, 0.717) is 6.42 Å². The molecule has 1 amide bonds. The number of imidazole rings is 1. The molecule has 6 nitrogen and oxygen atoms in total. The summed E-state index contributed by atoms with van der Waals surface area (Å²) < 4.78 is 2.00. The zero-order valence-corrected chi connectivity index (χ0v) is 13.6. The summed E-state index contributed by atoms with van der Waals surface area (Å²) in [7, 11) is 0. The highest BCUT2D eigenvalue weighted by Gasteiger charge is 2.31. The number of hydrogen-bond acceptors (Lipinski definition) is 4. The molecule has 0 saturated carbocycles. The average Bonchev–Trinajstić information content (AvgIpc) is 3.21. The minimum Gasteiger partial charge on any atom is -0.334 e. The summed E-state index contributed by atoms with van der Waals surface area (Å²) in [5.74, 6) is 0.122. The molecule has 3 aromatic rings. The molecule has 0 N–H and O–H groups in total. The molecule has 4 rings (SSSR count). The predicted molar refractivity (Wildman–Crippen MR) is 89.4 cm³/mol. The van der Waals surface area contributed by atoms with Crippen LogP contribution in [0.1, 0.15) is 36.0 Å². The minimum absolute atomic E-state index is 0.0330. The van der Waals surface area contributed by atoms with Gasteiger partial charge in [-0.1, -0.05) is 6.07 Å². The Morgan fingerprint density at radius 1 is 1.33 bits per heavy atom. The highest BCUT2D eigenvalue weighted by atomic mass is 16.2. The average molecular weight is 321 g/mol. The molecular weight excluding hydrogens is 302 g/mol. The Balaban J connectivity index is 1.60. The van der Waals surface area contributed by atoms with Crippen LogP contribution in [0.3, 0.4) is 0 Å². The number of hydrogen-bond donors (Lipinski definition) is 0. The summed E-state index contributed by atoms with van der Waals surface area (Å²) in [4.78, 5) is 27.9. The summed E-state index contributed by atoms with van der Waals surface area (Å²) in [5, 5.41) is 0. The van der Waals surface area contributed by atoms with E-state index in [9.17, 15) is 4.79 Å². The summed E-state index contributed by atoms with van der Waals surface area (Å²) in [6.45, 7) is 2.73. The molecule has 0 spiro atoms. The highest BCUT2D eigenvalue weighted by molar-refractivity contribution is 5.79. The summed E-state index contributed by atoms with van der Waals surface area (Å²) in [6, 6.07) is 5.91. The molecule has 3 aromatic heterocycles. The minimum atomic E-state index is 0.0330. The first-order valence-corrected chi connectivity index (χ1v) is 8.22. The van der Waals surface area contributed by atoms with Crippen LogP contribution in [0, 0.1) is 6.92 Å². The molecule has 0 radical (unpaired) electrons. The van der Waals surface area contributed by atoms with Gasteiger partial charge < -0.3 is 9.30 Å². The number of fused-ring (bicyclic) bond motifs is 1. The molecule has 0 aromatic carbocycles. The Hall–Kier alpha value is -2.76. The number of carbonyl (C=O) groups is 1. The van der Waals surface area contributed by atoms with Crippen molar-refractivity contribution in [1.29, 1.82) is 0 Å². The molecule has 1 atom stereocenters. The van der Waals surface area contributed by atoms with Crippen molar-refractivity contribution in [2.45, 2.75) is 32.2 Å². The van der Waals surface area contributed by atoms with E-state index in [1.165, 1.54) is 0 Å². The first kappa shape index (κ1) is 14.8. The molecule has 24 heavy (non-hydrogen) atoms. The van der Waals surface area contributed by atoms with Gasteiger partial charge in [0.25, 0.3) is 0 Å². The van der Waals surface area contributed by atoms with Gasteiger partial charge in [0.05, 0.1) is 35.7 Å². The SMILES string of the molecule is Cc1nc2ccccn2c1CC(=O)N1CCC[C@@H]1c1cnccn1. The van der Waals surface area contributed by atoms with Crippen molar-refractivity contribution in [3.05, 3.63) is 60.1 Å². The number of aryl methyl sites for hydroxylation is 1. The first-order chi connectivity index (χ1) is 11.7. The first-order valence-electron chi connectivity index (χ1n) is 8.22. The van der Waals surface area contributed by atoms with Crippen LogP contribution in [-0.4, -0.2) is 36.7 Å². The van der Waals surface area contributed by atoms with Gasteiger partial charge in [-0.3, -0.25) is 14.8 Å². The highest BCUT2D eigenvalue weighted by Crippen LogP contribution is 2.31. The van der Waals surface area contributed by atoms with Gasteiger partial charge in [-0.15, -0.1) is 0 Å². The molecule has 4 heterocycles. The van der Waals surface area contributed by atoms with Crippen molar-refractivity contribution in [2.75, 3.05) is 6.54 Å². The van der Waals surface area contributed by atoms with E-state index in [-0.39, 0.29) is 11.9 Å². The molecule has 1 fully saturated rings. The van der Waals surface area contributed by atoms with E-state index in [0.717, 1.165) is 42.1 Å². The molecule has 1 saturated heterocycles. The van der Waals surface area contributed by atoms with E-state index in [1.54, 1.807) is 18.6 Å². The lowest BCUT2D eigenvalue weighted by molar-refractivity contribution is -0.131. The van der Waals surface area contributed by atoms with Crippen molar-refractivity contribution >= 4 is 11.6 Å². The Labute approximate surface area is 140 Å². The number of amides is 1. The number of pyridine rings is 1. The van der Waals surface area contributed by atoms with Crippen molar-refractivity contribution in [3.8, 4) is 0 Å². The van der Waals surface area contributed by atoms with Crippen LogP contribution in [0.25, 0.3) is 5.65 Å². The topological polar surface area (TPSA) is 63.4 Å². The maximum absolute atomic E-state index is 12.9. The third-order valence-electron chi connectivity index (χ3n) is 4.65. The lowest BCUT2D eigenvalue weighted by atomic mass is 10.1. The maximum Gasteiger partial charge on any atom is 0.229 e. The van der Waals surface area contributed by atoms with Crippen LogP contribution in [0.5, 0.6) is 0 Å². The van der Waals surface area contributed by atoms with Crippen molar-refractivity contribution < 1.29 is 4.79 Å². The number of carbonyl (C=O) groups excluding carboxylic acids is 1. The van der Waals surface area contributed by atoms with Crippen LogP contribution >= 0.6 is 0 Å². The fourth-order valence-corrected chi connectivity index (χ4v) is 3.48. The molecule has 122 valence electrons. The summed E-state index contributed by atoms with van der Waals surface area (Å²) >= 11 is 0. The zero-order valence-electron chi connectivity index (χ0n) is 13.6. The molecular formula is C18H19N5O. The number of aromatic nitrogens is 4. The van der Waals surface area contributed by atoms with Crippen LogP contribution in [0.2, 0.25) is 0 Å². The molecule has 1 aliphatic heterocycles. The number of likely N-dealkylation sites (tertiary alicyclic amines) is 1. The van der Waals surface area contributed by atoms with Gasteiger partial charge in [0.2, 0.25) is 5.91 Å². The quantitative estimate of drug-likeness (QED) is 0.743. The molecule has 1 aliphatic rings. The van der Waals surface area contributed by atoms with Crippen LogP contribution in [0.4, 0.5) is 0 Å². The standard InChI is InChI=1S/C18H19N5O/c1-13-16(22-9-3-2-6-17(22)21-13)11-18(24)23-10-4-5-15(23)14-12-19-7-8-20-14/h2-3,6-9,12,15H,4-5,10-11H2,1H3/t15-/m1/s1. The second kappa shape index (κ2) is 6.03.